The number of nitrogens with one attached hydrogen (secondary N) is 2. The molecule has 9 aliphatic rings. The SMILES string of the molecule is O=C(NC1=CC=C(NC(=O)C23CC4CC(CC(C4)C2)C3)CC1)C12CC3CC(CC(C3)C1)C2. The molecule has 2 N–H and O–H groups in total. The molecule has 0 aromatic heterocycles. The van der Waals surface area contributed by atoms with Gasteiger partial charge < -0.3 is 10.6 Å². The Hall–Kier alpha value is -1.58. The predicted octanol–water partition coefficient (Wildman–Crippen LogP) is 5.21. The van der Waals surface area contributed by atoms with Gasteiger partial charge in [-0.25, -0.2) is 0 Å². The van der Waals surface area contributed by atoms with Crippen LogP contribution in [0.25, 0.3) is 0 Å². The number of hydrogen-bond donors (Lipinski definition) is 2. The van der Waals surface area contributed by atoms with E-state index in [1.54, 1.807) is 0 Å². The van der Waals surface area contributed by atoms with E-state index in [9.17, 15) is 9.59 Å². The van der Waals surface area contributed by atoms with E-state index in [-0.39, 0.29) is 22.6 Å². The van der Waals surface area contributed by atoms with E-state index in [0.717, 1.165) is 98.3 Å². The second-order valence-electron chi connectivity index (χ2n) is 13.2. The average Bonchev–Trinajstić information content (AvgIpc) is 2.73. The summed E-state index contributed by atoms with van der Waals surface area (Å²) in [4.78, 5) is 26.7. The van der Waals surface area contributed by atoms with Crippen LogP contribution < -0.4 is 10.6 Å². The van der Waals surface area contributed by atoms with Gasteiger partial charge >= 0.3 is 0 Å². The van der Waals surface area contributed by atoms with Crippen LogP contribution in [0.2, 0.25) is 0 Å². The monoisotopic (exact) mass is 434 g/mol. The smallest absolute Gasteiger partial charge is 0.230 e. The highest BCUT2D eigenvalue weighted by Gasteiger charge is 2.55. The van der Waals surface area contributed by atoms with Crippen molar-refractivity contribution in [1.82, 2.24) is 10.6 Å². The van der Waals surface area contributed by atoms with Gasteiger partial charge in [0.2, 0.25) is 11.8 Å². The molecule has 4 nitrogen and oxygen atoms in total. The Labute approximate surface area is 192 Å². The maximum absolute atomic E-state index is 13.3. The van der Waals surface area contributed by atoms with Gasteiger partial charge in [0, 0.05) is 11.4 Å². The molecule has 2 amide bonds. The van der Waals surface area contributed by atoms with Crippen LogP contribution in [0, 0.1) is 46.3 Å². The zero-order chi connectivity index (χ0) is 21.5. The van der Waals surface area contributed by atoms with Crippen molar-refractivity contribution in [2.75, 3.05) is 0 Å². The fourth-order valence-corrected chi connectivity index (χ4v) is 10.2. The van der Waals surface area contributed by atoms with Gasteiger partial charge in [-0.2, -0.15) is 0 Å². The largest absolute Gasteiger partial charge is 0.329 e. The normalized spacial score (nSPS) is 47.8. The van der Waals surface area contributed by atoms with Gasteiger partial charge in [0.05, 0.1) is 10.8 Å². The Morgan fingerprint density at radius 1 is 0.562 bits per heavy atom. The summed E-state index contributed by atoms with van der Waals surface area (Å²) >= 11 is 0. The molecule has 8 saturated carbocycles. The summed E-state index contributed by atoms with van der Waals surface area (Å²) in [5.41, 5.74) is 1.90. The van der Waals surface area contributed by atoms with E-state index in [1.807, 2.05) is 0 Å². The summed E-state index contributed by atoms with van der Waals surface area (Å²) in [5, 5.41) is 6.65. The molecule has 9 rings (SSSR count). The van der Waals surface area contributed by atoms with E-state index >= 15 is 0 Å². The minimum absolute atomic E-state index is 0.0910. The average molecular weight is 435 g/mol. The number of amides is 2. The quantitative estimate of drug-likeness (QED) is 0.638. The van der Waals surface area contributed by atoms with E-state index in [1.165, 1.54) is 38.5 Å². The van der Waals surface area contributed by atoms with Gasteiger partial charge in [-0.15, -0.1) is 0 Å². The van der Waals surface area contributed by atoms with E-state index in [0.29, 0.717) is 0 Å². The second-order valence-corrected chi connectivity index (χ2v) is 13.2. The molecular weight excluding hydrogens is 396 g/mol. The lowest BCUT2D eigenvalue weighted by molar-refractivity contribution is -0.146. The Morgan fingerprint density at radius 2 is 0.844 bits per heavy atom. The van der Waals surface area contributed by atoms with Crippen LogP contribution in [0.15, 0.2) is 23.5 Å². The molecule has 172 valence electrons. The zero-order valence-electron chi connectivity index (χ0n) is 19.3. The van der Waals surface area contributed by atoms with Crippen LogP contribution in [0.1, 0.15) is 89.9 Å². The molecule has 0 unspecified atom stereocenters. The molecule has 0 aromatic rings. The molecule has 9 aliphatic carbocycles. The van der Waals surface area contributed by atoms with Crippen LogP contribution in [0.3, 0.4) is 0 Å². The molecule has 0 radical (unpaired) electrons. The van der Waals surface area contributed by atoms with Gasteiger partial charge in [0.1, 0.15) is 0 Å². The molecule has 0 spiro atoms. The lowest BCUT2D eigenvalue weighted by atomic mass is 9.49. The highest BCUT2D eigenvalue weighted by Crippen LogP contribution is 2.61. The third kappa shape index (κ3) is 3.15. The van der Waals surface area contributed by atoms with Gasteiger partial charge in [0.25, 0.3) is 0 Å². The summed E-state index contributed by atoms with van der Waals surface area (Å²) in [7, 11) is 0. The fourth-order valence-electron chi connectivity index (χ4n) is 10.2. The van der Waals surface area contributed by atoms with E-state index in [4.69, 9.17) is 0 Å². The first-order chi connectivity index (χ1) is 15.5. The Balaban J connectivity index is 1.01. The summed E-state index contributed by atoms with van der Waals surface area (Å²) in [6.45, 7) is 0. The third-order valence-corrected chi connectivity index (χ3v) is 10.7. The Morgan fingerprint density at radius 3 is 1.09 bits per heavy atom. The zero-order valence-corrected chi connectivity index (χ0v) is 19.3. The van der Waals surface area contributed by atoms with Crippen molar-refractivity contribution in [3.05, 3.63) is 23.5 Å². The van der Waals surface area contributed by atoms with E-state index < -0.39 is 0 Å². The van der Waals surface area contributed by atoms with Crippen LogP contribution in [-0.4, -0.2) is 11.8 Å². The van der Waals surface area contributed by atoms with Crippen molar-refractivity contribution < 1.29 is 9.59 Å². The number of hydrogen-bond acceptors (Lipinski definition) is 2. The van der Waals surface area contributed by atoms with Crippen LogP contribution in [-0.2, 0) is 9.59 Å². The molecule has 0 atom stereocenters. The fraction of sp³-hybridized carbons (Fsp3) is 0.786. The molecule has 8 fully saturated rings. The second kappa shape index (κ2) is 6.96. The van der Waals surface area contributed by atoms with Crippen molar-refractivity contribution in [2.24, 2.45) is 46.3 Å². The maximum Gasteiger partial charge on any atom is 0.230 e. The van der Waals surface area contributed by atoms with Crippen LogP contribution in [0.5, 0.6) is 0 Å². The molecule has 0 aromatic carbocycles. The summed E-state index contributed by atoms with van der Waals surface area (Å²) < 4.78 is 0. The minimum atomic E-state index is -0.0910. The van der Waals surface area contributed by atoms with E-state index in [2.05, 4.69) is 22.8 Å². The maximum atomic E-state index is 13.3. The van der Waals surface area contributed by atoms with Crippen molar-refractivity contribution in [1.29, 1.82) is 0 Å². The molecule has 0 aliphatic heterocycles. The van der Waals surface area contributed by atoms with Gasteiger partial charge in [0.15, 0.2) is 0 Å². The Bertz CT molecular complexity index is 768. The molecule has 4 heteroatoms. The van der Waals surface area contributed by atoms with Crippen LogP contribution in [0.4, 0.5) is 0 Å². The first-order valence-corrected chi connectivity index (χ1v) is 13.5. The first kappa shape index (κ1) is 19.9. The summed E-state index contributed by atoms with van der Waals surface area (Å²) in [6, 6.07) is 0. The molecule has 32 heavy (non-hydrogen) atoms. The molecule has 0 saturated heterocycles. The van der Waals surface area contributed by atoms with Gasteiger partial charge in [-0.3, -0.25) is 9.59 Å². The van der Waals surface area contributed by atoms with Crippen molar-refractivity contribution in [3.63, 3.8) is 0 Å². The van der Waals surface area contributed by atoms with Crippen molar-refractivity contribution in [3.8, 4) is 0 Å². The Kier molecular flexibility index (Phi) is 4.32. The lowest BCUT2D eigenvalue weighted by Gasteiger charge is -2.55. The molecular formula is C28H38N2O2. The van der Waals surface area contributed by atoms with Crippen molar-refractivity contribution >= 4 is 11.8 Å². The summed E-state index contributed by atoms with van der Waals surface area (Å²) in [6.07, 6.45) is 20.6. The summed E-state index contributed by atoms with van der Waals surface area (Å²) in [5.74, 6) is 5.32. The first-order valence-electron chi connectivity index (χ1n) is 13.5. The lowest BCUT2D eigenvalue weighted by Crippen LogP contribution is -2.53. The number of carbonyl (C=O) groups excluding carboxylic acids is 2. The third-order valence-electron chi connectivity index (χ3n) is 10.7. The standard InChI is InChI=1S/C28H38N2O2/c31-25(27-11-17-5-18(12-27)7-19(6-17)13-27)29-23-1-2-24(4-3-23)30-26(32)28-14-20-8-21(15-28)10-22(9-20)16-28/h1-2,17-22H,3-16H2,(H,29,31)(H,30,32). The minimum Gasteiger partial charge on any atom is -0.329 e. The highest BCUT2D eigenvalue weighted by molar-refractivity contribution is 5.86. The van der Waals surface area contributed by atoms with Gasteiger partial charge in [-0.1, -0.05) is 0 Å². The number of rotatable bonds is 4. The molecule has 0 heterocycles. The topological polar surface area (TPSA) is 58.2 Å². The number of allylic oxidation sites excluding steroid dienone is 4. The van der Waals surface area contributed by atoms with Crippen LogP contribution >= 0.6 is 0 Å². The van der Waals surface area contributed by atoms with Gasteiger partial charge in [-0.05, 0) is 138 Å². The highest BCUT2D eigenvalue weighted by atomic mass is 16.2. The van der Waals surface area contributed by atoms with Crippen molar-refractivity contribution in [2.45, 2.75) is 89.9 Å². The molecule has 8 bridgehead atoms. The number of carbonyl (C=O) groups is 2. The predicted molar refractivity (Wildman–Crippen MR) is 123 cm³/mol.